The molecule has 0 bridgehead atoms. The van der Waals surface area contributed by atoms with E-state index in [4.69, 9.17) is 5.26 Å². The van der Waals surface area contributed by atoms with Crippen LogP contribution in [0.15, 0.2) is 42.5 Å². The van der Waals surface area contributed by atoms with Gasteiger partial charge in [0.1, 0.15) is 5.82 Å². The minimum Gasteiger partial charge on any atom is -0.369 e. The van der Waals surface area contributed by atoms with Crippen molar-refractivity contribution < 1.29 is 27.5 Å². The molecule has 0 saturated carbocycles. The summed E-state index contributed by atoms with van der Waals surface area (Å²) in [6.45, 7) is 1.16. The van der Waals surface area contributed by atoms with Gasteiger partial charge in [0.05, 0.1) is 11.6 Å². The van der Waals surface area contributed by atoms with Gasteiger partial charge in [-0.3, -0.25) is 4.79 Å². The van der Waals surface area contributed by atoms with Crippen LogP contribution in [0, 0.1) is 17.1 Å². The molecule has 1 atom stereocenters. The van der Waals surface area contributed by atoms with Crippen LogP contribution < -0.4 is 5.32 Å². The number of alkyl halides is 3. The average Bonchev–Trinajstić information content (AvgIpc) is 2.65. The van der Waals surface area contributed by atoms with Crippen LogP contribution in [0.3, 0.4) is 0 Å². The Morgan fingerprint density at radius 2 is 1.81 bits per heavy atom. The number of amides is 1. The number of carbonyl (C=O) groups is 1. The molecule has 2 N–H and O–H groups in total. The van der Waals surface area contributed by atoms with Gasteiger partial charge >= 0.3 is 6.18 Å². The van der Waals surface area contributed by atoms with Gasteiger partial charge in [-0.05, 0) is 24.1 Å². The number of nitrogens with one attached hydrogen (secondary N) is 1. The normalized spacial score (nSPS) is 13.5. The van der Waals surface area contributed by atoms with Gasteiger partial charge in [-0.1, -0.05) is 37.3 Å². The van der Waals surface area contributed by atoms with Crippen LogP contribution in [0.1, 0.15) is 29.2 Å². The molecule has 2 rings (SSSR count). The summed E-state index contributed by atoms with van der Waals surface area (Å²) in [5, 5.41) is 21.0. The first-order valence-electron chi connectivity index (χ1n) is 7.99. The Morgan fingerprint density at radius 1 is 1.19 bits per heavy atom. The van der Waals surface area contributed by atoms with Crippen molar-refractivity contribution in [3.8, 4) is 6.07 Å². The molecule has 142 valence electrons. The molecule has 0 aliphatic heterocycles. The molecular weight excluding hydrogens is 364 g/mol. The molecule has 8 heteroatoms. The summed E-state index contributed by atoms with van der Waals surface area (Å²) >= 11 is 0. The zero-order valence-corrected chi connectivity index (χ0v) is 14.3. The van der Waals surface area contributed by atoms with Crippen molar-refractivity contribution in [3.05, 3.63) is 70.5 Å². The highest BCUT2D eigenvalue weighted by Gasteiger charge is 2.60. The number of nitrogens with zero attached hydrogens (tertiary/aromatic N) is 1. The third-order valence-corrected chi connectivity index (χ3v) is 4.14. The molecule has 0 fully saturated rings. The molecule has 0 aliphatic carbocycles. The number of carbonyl (C=O) groups excluding carboxylic acids is 1. The van der Waals surface area contributed by atoms with Crippen LogP contribution in [-0.2, 0) is 23.4 Å². The molecule has 0 spiro atoms. The summed E-state index contributed by atoms with van der Waals surface area (Å²) in [5.41, 5.74) is -3.90. The molecule has 2 aromatic carbocycles. The number of aliphatic hydroxyl groups is 1. The number of hydrogen-bond donors (Lipinski definition) is 2. The van der Waals surface area contributed by atoms with Crippen LogP contribution in [-0.4, -0.2) is 17.2 Å². The minimum atomic E-state index is -5.28. The van der Waals surface area contributed by atoms with Crippen molar-refractivity contribution in [3.63, 3.8) is 0 Å². The smallest absolute Gasteiger partial charge is 0.369 e. The van der Waals surface area contributed by atoms with Crippen molar-refractivity contribution in [1.29, 1.82) is 5.26 Å². The van der Waals surface area contributed by atoms with Gasteiger partial charge in [-0.2, -0.15) is 18.4 Å². The third kappa shape index (κ3) is 3.93. The van der Waals surface area contributed by atoms with E-state index in [0.29, 0.717) is 12.0 Å². The highest BCUT2D eigenvalue weighted by molar-refractivity contribution is 5.87. The molecule has 0 radical (unpaired) electrons. The number of hydrogen-bond acceptors (Lipinski definition) is 3. The standard InChI is InChI=1S/C19H16F4N2O2/c1-2-12-8-14(16(20)9-13(12)10-24)11-25-17(26)18(27,19(21,22)23)15-6-4-3-5-7-15/h3-9,27H,2,11H2,1H3,(H,25,26)/t18-/m1/s1. The second kappa shape index (κ2) is 7.76. The Bertz CT molecular complexity index is 876. The van der Waals surface area contributed by atoms with E-state index in [9.17, 15) is 27.5 Å². The number of nitriles is 1. The molecule has 4 nitrogen and oxygen atoms in total. The molecule has 1 amide bonds. The molecule has 27 heavy (non-hydrogen) atoms. The molecule has 0 heterocycles. The van der Waals surface area contributed by atoms with E-state index in [0.717, 1.165) is 18.2 Å². The predicted octanol–water partition coefficient (Wildman–Crippen LogP) is 3.33. The molecular formula is C19H16F4N2O2. The summed E-state index contributed by atoms with van der Waals surface area (Å²) in [5.74, 6) is -2.55. The van der Waals surface area contributed by atoms with Gasteiger partial charge in [0.2, 0.25) is 0 Å². The minimum absolute atomic E-state index is 0.0863. The lowest BCUT2D eigenvalue weighted by molar-refractivity contribution is -0.257. The van der Waals surface area contributed by atoms with E-state index >= 15 is 0 Å². The monoisotopic (exact) mass is 380 g/mol. The molecule has 0 aromatic heterocycles. The summed E-state index contributed by atoms with van der Waals surface area (Å²) in [6.07, 6.45) is -4.88. The first kappa shape index (κ1) is 20.4. The van der Waals surface area contributed by atoms with E-state index in [-0.39, 0.29) is 11.1 Å². The second-order valence-electron chi connectivity index (χ2n) is 5.82. The molecule has 0 unspecified atom stereocenters. The Morgan fingerprint density at radius 3 is 2.33 bits per heavy atom. The quantitative estimate of drug-likeness (QED) is 0.782. The van der Waals surface area contributed by atoms with Crippen LogP contribution in [0.25, 0.3) is 0 Å². The van der Waals surface area contributed by atoms with Crippen molar-refractivity contribution in [1.82, 2.24) is 5.32 Å². The molecule has 2 aromatic rings. The second-order valence-corrected chi connectivity index (χ2v) is 5.82. The van der Waals surface area contributed by atoms with E-state index in [1.165, 1.54) is 24.3 Å². The lowest BCUT2D eigenvalue weighted by atomic mass is 9.92. The highest BCUT2D eigenvalue weighted by atomic mass is 19.4. The largest absolute Gasteiger partial charge is 0.430 e. The van der Waals surface area contributed by atoms with Gasteiger partial charge in [0.15, 0.2) is 0 Å². The van der Waals surface area contributed by atoms with Crippen LogP contribution in [0.4, 0.5) is 17.6 Å². The predicted molar refractivity (Wildman–Crippen MR) is 88.7 cm³/mol. The van der Waals surface area contributed by atoms with Gasteiger partial charge in [0, 0.05) is 17.7 Å². The van der Waals surface area contributed by atoms with Crippen LogP contribution in [0.5, 0.6) is 0 Å². The van der Waals surface area contributed by atoms with Gasteiger partial charge in [-0.15, -0.1) is 0 Å². The van der Waals surface area contributed by atoms with Gasteiger partial charge in [0.25, 0.3) is 11.5 Å². The fraction of sp³-hybridized carbons (Fsp3) is 0.263. The average molecular weight is 380 g/mol. The summed E-state index contributed by atoms with van der Waals surface area (Å²) in [6, 6.07) is 10.0. The highest BCUT2D eigenvalue weighted by Crippen LogP contribution is 2.39. The van der Waals surface area contributed by atoms with Gasteiger partial charge in [-0.25, -0.2) is 4.39 Å². The Hall–Kier alpha value is -2.92. The zero-order valence-electron chi connectivity index (χ0n) is 14.3. The zero-order chi connectivity index (χ0) is 20.2. The van der Waals surface area contributed by atoms with E-state index in [1.54, 1.807) is 6.92 Å². The summed E-state index contributed by atoms with van der Waals surface area (Å²) in [7, 11) is 0. The van der Waals surface area contributed by atoms with Crippen molar-refractivity contribution in [2.45, 2.75) is 31.7 Å². The first-order chi connectivity index (χ1) is 12.6. The first-order valence-corrected chi connectivity index (χ1v) is 7.99. The fourth-order valence-electron chi connectivity index (χ4n) is 2.61. The molecule has 0 saturated heterocycles. The number of aryl methyl sites for hydroxylation is 1. The van der Waals surface area contributed by atoms with Crippen molar-refractivity contribution in [2.24, 2.45) is 0 Å². The number of halogens is 4. The van der Waals surface area contributed by atoms with E-state index in [2.05, 4.69) is 0 Å². The lowest BCUT2D eigenvalue weighted by Crippen LogP contribution is -2.54. The van der Waals surface area contributed by atoms with Crippen molar-refractivity contribution in [2.75, 3.05) is 0 Å². The third-order valence-electron chi connectivity index (χ3n) is 4.14. The van der Waals surface area contributed by atoms with E-state index < -0.39 is 35.6 Å². The number of rotatable bonds is 5. The van der Waals surface area contributed by atoms with Gasteiger partial charge < -0.3 is 10.4 Å². The SMILES string of the molecule is CCc1cc(CNC(=O)[C@](O)(c2ccccc2)C(F)(F)F)c(F)cc1C#N. The Balaban J connectivity index is 2.32. The topological polar surface area (TPSA) is 73.1 Å². The lowest BCUT2D eigenvalue weighted by Gasteiger charge is -2.29. The summed E-state index contributed by atoms with van der Waals surface area (Å²) < 4.78 is 54.4. The Kier molecular flexibility index (Phi) is 5.86. The maximum absolute atomic E-state index is 14.1. The fourth-order valence-corrected chi connectivity index (χ4v) is 2.61. The van der Waals surface area contributed by atoms with Crippen molar-refractivity contribution >= 4 is 5.91 Å². The van der Waals surface area contributed by atoms with E-state index in [1.807, 2.05) is 11.4 Å². The van der Waals surface area contributed by atoms with Crippen LogP contribution in [0.2, 0.25) is 0 Å². The van der Waals surface area contributed by atoms with Crippen LogP contribution >= 0.6 is 0 Å². The summed E-state index contributed by atoms with van der Waals surface area (Å²) in [4.78, 5) is 12.2. The maximum Gasteiger partial charge on any atom is 0.430 e. The maximum atomic E-state index is 14.1. The molecule has 0 aliphatic rings. The Labute approximate surface area is 153 Å². The number of benzene rings is 2.